The molecule has 0 radical (unpaired) electrons. The summed E-state index contributed by atoms with van der Waals surface area (Å²) in [5.74, 6) is 1.69. The molecule has 0 saturated carbocycles. The highest BCUT2D eigenvalue weighted by molar-refractivity contribution is 7.10. The summed E-state index contributed by atoms with van der Waals surface area (Å²) in [7, 11) is 3.30. The molecule has 0 aliphatic carbocycles. The Kier molecular flexibility index (Phi) is 5.84. The van der Waals surface area contributed by atoms with Crippen LogP contribution in [0.5, 0.6) is 11.5 Å². The van der Waals surface area contributed by atoms with Crippen LogP contribution in [0.2, 0.25) is 0 Å². The van der Waals surface area contributed by atoms with E-state index in [4.69, 9.17) is 9.47 Å². The highest BCUT2D eigenvalue weighted by Crippen LogP contribution is 2.30. The van der Waals surface area contributed by atoms with Crippen molar-refractivity contribution in [2.45, 2.75) is 38.9 Å². The van der Waals surface area contributed by atoms with Gasteiger partial charge < -0.3 is 14.4 Å². The maximum atomic E-state index is 12.9. The fraction of sp³-hybridized carbons (Fsp3) is 0.450. The maximum Gasteiger partial charge on any atom is 0.239 e. The molecule has 1 aliphatic heterocycles. The van der Waals surface area contributed by atoms with Gasteiger partial charge in [-0.25, -0.2) is 0 Å². The lowest BCUT2D eigenvalue weighted by atomic mass is 10.0. The van der Waals surface area contributed by atoms with E-state index >= 15 is 0 Å². The number of thiophene rings is 1. The van der Waals surface area contributed by atoms with E-state index in [0.29, 0.717) is 6.54 Å². The number of methoxy groups -OCH3 is 2. The Morgan fingerprint density at radius 2 is 2.04 bits per heavy atom. The quantitative estimate of drug-likeness (QED) is 0.842. The average molecular weight is 375 g/mol. The Hall–Kier alpha value is -2.05. The minimum absolute atomic E-state index is 0.0412. The van der Waals surface area contributed by atoms with Gasteiger partial charge in [-0.15, -0.1) is 11.3 Å². The lowest BCUT2D eigenvalue weighted by Gasteiger charge is -2.31. The van der Waals surface area contributed by atoms with Crippen LogP contribution in [0.4, 0.5) is 0 Å². The summed E-state index contributed by atoms with van der Waals surface area (Å²) in [6.45, 7) is 5.46. The molecule has 26 heavy (non-hydrogen) atoms. The first kappa shape index (κ1) is 18.7. The molecule has 0 spiro atoms. The molecule has 6 heteroatoms. The number of ether oxygens (including phenoxy) is 2. The first-order valence-corrected chi connectivity index (χ1v) is 9.73. The third-order valence-electron chi connectivity index (χ3n) is 4.89. The van der Waals surface area contributed by atoms with Crippen LogP contribution in [0.1, 0.15) is 35.9 Å². The van der Waals surface area contributed by atoms with Crippen molar-refractivity contribution in [3.63, 3.8) is 0 Å². The summed E-state index contributed by atoms with van der Waals surface area (Å²) in [4.78, 5) is 16.2. The van der Waals surface area contributed by atoms with Crippen LogP contribution in [0.3, 0.4) is 0 Å². The van der Waals surface area contributed by atoms with Crippen molar-refractivity contribution >= 4 is 17.2 Å². The predicted octanol–water partition coefficient (Wildman–Crippen LogP) is 3.39. The molecular formula is C20H26N2O3S. The summed E-state index contributed by atoms with van der Waals surface area (Å²) in [6.07, 6.45) is 0.949. The van der Waals surface area contributed by atoms with Gasteiger partial charge in [-0.2, -0.15) is 0 Å². The Bertz CT molecular complexity index is 774. The molecule has 2 atom stereocenters. The summed E-state index contributed by atoms with van der Waals surface area (Å²) >= 11 is 1.78. The van der Waals surface area contributed by atoms with Gasteiger partial charge in [0.25, 0.3) is 0 Å². The number of rotatable bonds is 6. The highest BCUT2D eigenvalue weighted by Gasteiger charge is 2.26. The van der Waals surface area contributed by atoms with Crippen molar-refractivity contribution in [2.75, 3.05) is 20.8 Å². The number of nitrogens with zero attached hydrogens (tertiary/aromatic N) is 1. The van der Waals surface area contributed by atoms with Gasteiger partial charge in [-0.05, 0) is 55.5 Å². The number of carbonyl (C=O) groups is 1. The van der Waals surface area contributed by atoms with Crippen LogP contribution >= 0.6 is 11.3 Å². The molecule has 0 saturated heterocycles. The van der Waals surface area contributed by atoms with E-state index in [-0.39, 0.29) is 18.0 Å². The van der Waals surface area contributed by atoms with E-state index in [2.05, 4.69) is 16.8 Å². The SMILES string of the molecule is COc1ccc(OC)c(C(C)NC(C)C(=O)N2CCc3sccc3C2)c1. The molecule has 0 bridgehead atoms. The summed E-state index contributed by atoms with van der Waals surface area (Å²) in [5.41, 5.74) is 2.26. The second-order valence-corrected chi connectivity index (χ2v) is 7.60. The second-order valence-electron chi connectivity index (χ2n) is 6.60. The van der Waals surface area contributed by atoms with Gasteiger partial charge in [0.1, 0.15) is 11.5 Å². The number of benzene rings is 1. The normalized spacial score (nSPS) is 15.9. The van der Waals surface area contributed by atoms with Crippen LogP contribution in [-0.2, 0) is 17.8 Å². The molecule has 1 aromatic carbocycles. The number of hydrogen-bond donors (Lipinski definition) is 1. The fourth-order valence-electron chi connectivity index (χ4n) is 3.42. The fourth-order valence-corrected chi connectivity index (χ4v) is 4.31. The molecule has 2 heterocycles. The number of carbonyl (C=O) groups excluding carboxylic acids is 1. The monoisotopic (exact) mass is 374 g/mol. The van der Waals surface area contributed by atoms with Gasteiger partial charge in [0.05, 0.1) is 20.3 Å². The number of hydrogen-bond acceptors (Lipinski definition) is 5. The standard InChI is InChI=1S/C20H26N2O3S/c1-13(17-11-16(24-3)5-6-18(17)25-4)21-14(2)20(23)22-9-7-19-15(12-22)8-10-26-19/h5-6,8,10-11,13-14,21H,7,9,12H2,1-4H3. The lowest BCUT2D eigenvalue weighted by Crippen LogP contribution is -2.47. The molecule has 1 aromatic heterocycles. The highest BCUT2D eigenvalue weighted by atomic mass is 32.1. The molecule has 0 fully saturated rings. The lowest BCUT2D eigenvalue weighted by molar-refractivity contribution is -0.134. The summed E-state index contributed by atoms with van der Waals surface area (Å²) < 4.78 is 10.8. The Morgan fingerprint density at radius 1 is 1.23 bits per heavy atom. The van der Waals surface area contributed by atoms with Crippen LogP contribution in [0.25, 0.3) is 0 Å². The zero-order valence-corrected chi connectivity index (χ0v) is 16.6. The minimum atomic E-state index is -0.277. The van der Waals surface area contributed by atoms with Gasteiger partial charge >= 0.3 is 0 Å². The van der Waals surface area contributed by atoms with Crippen molar-refractivity contribution in [1.82, 2.24) is 10.2 Å². The van der Waals surface area contributed by atoms with Gasteiger partial charge in [-0.3, -0.25) is 10.1 Å². The van der Waals surface area contributed by atoms with Gasteiger partial charge in [0.15, 0.2) is 0 Å². The van der Waals surface area contributed by atoms with E-state index in [1.807, 2.05) is 36.9 Å². The Balaban J connectivity index is 1.67. The topological polar surface area (TPSA) is 50.8 Å². The summed E-state index contributed by atoms with van der Waals surface area (Å²) in [6, 6.07) is 7.52. The van der Waals surface area contributed by atoms with Gasteiger partial charge in [-0.1, -0.05) is 0 Å². The van der Waals surface area contributed by atoms with Crippen molar-refractivity contribution < 1.29 is 14.3 Å². The number of amides is 1. The summed E-state index contributed by atoms with van der Waals surface area (Å²) in [5, 5.41) is 5.52. The first-order valence-electron chi connectivity index (χ1n) is 8.85. The van der Waals surface area contributed by atoms with Crippen molar-refractivity contribution in [1.29, 1.82) is 0 Å². The Morgan fingerprint density at radius 3 is 2.77 bits per heavy atom. The molecule has 2 aromatic rings. The molecule has 1 amide bonds. The van der Waals surface area contributed by atoms with Crippen molar-refractivity contribution in [2.24, 2.45) is 0 Å². The van der Waals surface area contributed by atoms with E-state index in [0.717, 1.165) is 30.0 Å². The average Bonchev–Trinajstić information content (AvgIpc) is 3.14. The molecule has 5 nitrogen and oxygen atoms in total. The van der Waals surface area contributed by atoms with Gasteiger partial charge in [0.2, 0.25) is 5.91 Å². The van der Waals surface area contributed by atoms with E-state index in [9.17, 15) is 4.79 Å². The predicted molar refractivity (Wildman–Crippen MR) is 104 cm³/mol. The third-order valence-corrected chi connectivity index (χ3v) is 5.92. The van der Waals surface area contributed by atoms with E-state index < -0.39 is 0 Å². The third kappa shape index (κ3) is 3.86. The molecular weight excluding hydrogens is 348 g/mol. The Labute approximate surface area is 158 Å². The van der Waals surface area contributed by atoms with Crippen molar-refractivity contribution in [3.8, 4) is 11.5 Å². The smallest absolute Gasteiger partial charge is 0.239 e. The molecule has 1 N–H and O–H groups in total. The zero-order chi connectivity index (χ0) is 18.7. The van der Waals surface area contributed by atoms with Crippen LogP contribution < -0.4 is 14.8 Å². The van der Waals surface area contributed by atoms with Crippen LogP contribution in [-0.4, -0.2) is 37.6 Å². The van der Waals surface area contributed by atoms with E-state index in [1.54, 1.807) is 25.6 Å². The molecule has 140 valence electrons. The number of nitrogens with one attached hydrogen (secondary N) is 1. The first-order chi connectivity index (χ1) is 12.5. The number of fused-ring (bicyclic) bond motifs is 1. The van der Waals surface area contributed by atoms with Crippen LogP contribution in [0, 0.1) is 0 Å². The largest absolute Gasteiger partial charge is 0.497 e. The molecule has 1 aliphatic rings. The maximum absolute atomic E-state index is 12.9. The minimum Gasteiger partial charge on any atom is -0.497 e. The zero-order valence-electron chi connectivity index (χ0n) is 15.7. The van der Waals surface area contributed by atoms with Crippen molar-refractivity contribution in [3.05, 3.63) is 45.6 Å². The van der Waals surface area contributed by atoms with E-state index in [1.165, 1.54) is 10.4 Å². The molecule has 3 rings (SSSR count). The molecule has 2 unspecified atom stereocenters. The van der Waals surface area contributed by atoms with Gasteiger partial charge in [0, 0.05) is 29.6 Å². The van der Waals surface area contributed by atoms with Crippen LogP contribution in [0.15, 0.2) is 29.6 Å². The second kappa shape index (κ2) is 8.10.